The van der Waals surface area contributed by atoms with Crippen LogP contribution in [0.25, 0.3) is 0 Å². The van der Waals surface area contributed by atoms with Gasteiger partial charge >= 0.3 is 0 Å². The van der Waals surface area contributed by atoms with Crippen LogP contribution in [0.15, 0.2) is 18.5 Å². The second kappa shape index (κ2) is 6.38. The van der Waals surface area contributed by atoms with E-state index in [4.69, 9.17) is 0 Å². The van der Waals surface area contributed by atoms with Gasteiger partial charge in [-0.05, 0) is 42.9 Å². The zero-order valence-electron chi connectivity index (χ0n) is 12.6. The Bertz CT molecular complexity index is 399. The highest BCUT2D eigenvalue weighted by atomic mass is 15.2. The van der Waals surface area contributed by atoms with Crippen LogP contribution in [0.4, 0.5) is 5.69 Å². The van der Waals surface area contributed by atoms with Crippen LogP contribution in [0, 0.1) is 5.41 Å². The van der Waals surface area contributed by atoms with Gasteiger partial charge in [-0.3, -0.25) is 4.98 Å². The summed E-state index contributed by atoms with van der Waals surface area (Å²) in [4.78, 5) is 6.86. The Morgan fingerprint density at radius 2 is 2.11 bits per heavy atom. The predicted molar refractivity (Wildman–Crippen MR) is 81.5 cm³/mol. The molecule has 0 amide bonds. The summed E-state index contributed by atoms with van der Waals surface area (Å²) in [5.41, 5.74) is 3.22. The minimum Gasteiger partial charge on any atom is -0.369 e. The van der Waals surface area contributed by atoms with Crippen molar-refractivity contribution in [3.05, 3.63) is 24.0 Å². The minimum absolute atomic E-state index is 0.519. The molecule has 0 radical (unpaired) electrons. The average molecular weight is 261 g/mol. The molecule has 2 rings (SSSR count). The second-order valence-corrected chi connectivity index (χ2v) is 5.66. The number of nitrogens with zero attached hydrogens (tertiary/aromatic N) is 2. The number of pyridine rings is 1. The first-order valence-electron chi connectivity index (χ1n) is 7.63. The van der Waals surface area contributed by atoms with Crippen molar-refractivity contribution >= 4 is 5.69 Å². The number of aromatic nitrogens is 1. The van der Waals surface area contributed by atoms with Crippen molar-refractivity contribution < 1.29 is 0 Å². The SMILES string of the molecule is CCNCc1ccncc1N1CCC(CC)(CC)C1. The van der Waals surface area contributed by atoms with Gasteiger partial charge < -0.3 is 10.2 Å². The van der Waals surface area contributed by atoms with Crippen LogP contribution in [-0.4, -0.2) is 24.6 Å². The standard InChI is InChI=1S/C16H27N3/c1-4-16(5-2)8-10-19(13-16)15-12-18-9-7-14(15)11-17-6-3/h7,9,12,17H,4-6,8,10-11,13H2,1-3H3. The van der Waals surface area contributed by atoms with Gasteiger partial charge in [0.2, 0.25) is 0 Å². The highest BCUT2D eigenvalue weighted by molar-refractivity contribution is 5.52. The van der Waals surface area contributed by atoms with Gasteiger partial charge in [-0.25, -0.2) is 0 Å². The molecule has 0 atom stereocenters. The lowest BCUT2D eigenvalue weighted by Gasteiger charge is -2.28. The van der Waals surface area contributed by atoms with Gasteiger partial charge in [-0.2, -0.15) is 0 Å². The van der Waals surface area contributed by atoms with Gasteiger partial charge in [0.25, 0.3) is 0 Å². The number of anilines is 1. The summed E-state index contributed by atoms with van der Waals surface area (Å²) in [6.45, 7) is 11.1. The van der Waals surface area contributed by atoms with Gasteiger partial charge in [0.1, 0.15) is 0 Å². The van der Waals surface area contributed by atoms with Crippen molar-refractivity contribution in [1.82, 2.24) is 10.3 Å². The number of rotatable bonds is 6. The molecular weight excluding hydrogens is 234 g/mol. The van der Waals surface area contributed by atoms with E-state index in [-0.39, 0.29) is 0 Å². The molecule has 1 aliphatic heterocycles. The van der Waals surface area contributed by atoms with E-state index in [9.17, 15) is 0 Å². The van der Waals surface area contributed by atoms with Crippen molar-refractivity contribution in [2.75, 3.05) is 24.5 Å². The van der Waals surface area contributed by atoms with Crippen LogP contribution >= 0.6 is 0 Å². The third-order valence-electron chi connectivity index (χ3n) is 4.73. The van der Waals surface area contributed by atoms with Gasteiger partial charge in [-0.15, -0.1) is 0 Å². The summed E-state index contributed by atoms with van der Waals surface area (Å²) in [6.07, 6.45) is 7.81. The maximum atomic E-state index is 4.33. The molecule has 0 bridgehead atoms. The molecule has 1 fully saturated rings. The lowest BCUT2D eigenvalue weighted by Crippen LogP contribution is -2.27. The fourth-order valence-corrected chi connectivity index (χ4v) is 3.08. The van der Waals surface area contributed by atoms with E-state index in [0.29, 0.717) is 5.41 Å². The van der Waals surface area contributed by atoms with Crippen LogP contribution in [0.1, 0.15) is 45.6 Å². The first-order chi connectivity index (χ1) is 9.24. The normalized spacial score (nSPS) is 17.9. The van der Waals surface area contributed by atoms with Crippen LogP contribution < -0.4 is 10.2 Å². The number of nitrogens with one attached hydrogen (secondary N) is 1. The van der Waals surface area contributed by atoms with Crippen molar-refractivity contribution in [1.29, 1.82) is 0 Å². The summed E-state index contributed by atoms with van der Waals surface area (Å²) in [7, 11) is 0. The number of hydrogen-bond donors (Lipinski definition) is 1. The molecule has 0 aromatic carbocycles. The van der Waals surface area contributed by atoms with E-state index in [2.05, 4.69) is 42.0 Å². The molecule has 1 aromatic rings. The predicted octanol–water partition coefficient (Wildman–Crippen LogP) is 3.21. The zero-order chi connectivity index (χ0) is 13.7. The highest BCUT2D eigenvalue weighted by Crippen LogP contribution is 2.39. The van der Waals surface area contributed by atoms with Gasteiger partial charge in [0.15, 0.2) is 0 Å². The highest BCUT2D eigenvalue weighted by Gasteiger charge is 2.35. The second-order valence-electron chi connectivity index (χ2n) is 5.66. The molecule has 2 heterocycles. The topological polar surface area (TPSA) is 28.2 Å². The molecule has 3 nitrogen and oxygen atoms in total. The minimum atomic E-state index is 0.519. The van der Waals surface area contributed by atoms with Crippen molar-refractivity contribution in [2.45, 2.75) is 46.6 Å². The summed E-state index contributed by atoms with van der Waals surface area (Å²) in [5, 5.41) is 3.42. The Hall–Kier alpha value is -1.09. The molecule has 1 saturated heterocycles. The third kappa shape index (κ3) is 3.08. The lowest BCUT2D eigenvalue weighted by atomic mass is 9.82. The maximum absolute atomic E-state index is 4.33. The van der Waals surface area contributed by atoms with E-state index >= 15 is 0 Å². The van der Waals surface area contributed by atoms with Crippen LogP contribution in [0.2, 0.25) is 0 Å². The zero-order valence-corrected chi connectivity index (χ0v) is 12.6. The Balaban J connectivity index is 2.14. The maximum Gasteiger partial charge on any atom is 0.0598 e. The molecule has 1 aliphatic rings. The fourth-order valence-electron chi connectivity index (χ4n) is 3.08. The van der Waals surface area contributed by atoms with Crippen molar-refractivity contribution in [3.8, 4) is 0 Å². The van der Waals surface area contributed by atoms with Crippen LogP contribution in [-0.2, 0) is 6.54 Å². The van der Waals surface area contributed by atoms with Gasteiger partial charge in [0, 0.05) is 25.8 Å². The molecule has 0 saturated carbocycles. The molecule has 1 N–H and O–H groups in total. The smallest absolute Gasteiger partial charge is 0.0598 e. The molecule has 0 aliphatic carbocycles. The molecule has 19 heavy (non-hydrogen) atoms. The van der Waals surface area contributed by atoms with E-state index < -0.39 is 0 Å². The third-order valence-corrected chi connectivity index (χ3v) is 4.73. The molecular formula is C16H27N3. The first-order valence-corrected chi connectivity index (χ1v) is 7.63. The van der Waals surface area contributed by atoms with Crippen molar-refractivity contribution in [3.63, 3.8) is 0 Å². The number of hydrogen-bond acceptors (Lipinski definition) is 3. The van der Waals surface area contributed by atoms with Gasteiger partial charge in [-0.1, -0.05) is 20.8 Å². The molecule has 1 aromatic heterocycles. The summed E-state index contributed by atoms with van der Waals surface area (Å²) < 4.78 is 0. The Labute approximate surface area is 117 Å². The van der Waals surface area contributed by atoms with E-state index in [0.717, 1.165) is 13.1 Å². The van der Waals surface area contributed by atoms with Crippen LogP contribution in [0.5, 0.6) is 0 Å². The molecule has 0 spiro atoms. The Morgan fingerprint density at radius 3 is 2.74 bits per heavy atom. The largest absolute Gasteiger partial charge is 0.369 e. The van der Waals surface area contributed by atoms with Crippen molar-refractivity contribution in [2.24, 2.45) is 5.41 Å². The molecule has 106 valence electrons. The summed E-state index contributed by atoms with van der Waals surface area (Å²) >= 11 is 0. The van der Waals surface area contributed by atoms with E-state index in [1.54, 1.807) is 0 Å². The summed E-state index contributed by atoms with van der Waals surface area (Å²) in [5.74, 6) is 0. The van der Waals surface area contributed by atoms with E-state index in [1.165, 1.54) is 43.6 Å². The molecule has 0 unspecified atom stereocenters. The first kappa shape index (κ1) is 14.3. The fraction of sp³-hybridized carbons (Fsp3) is 0.688. The van der Waals surface area contributed by atoms with Crippen LogP contribution in [0.3, 0.4) is 0 Å². The van der Waals surface area contributed by atoms with E-state index in [1.807, 2.05) is 12.4 Å². The Kier molecular flexibility index (Phi) is 4.81. The quantitative estimate of drug-likeness (QED) is 0.852. The lowest BCUT2D eigenvalue weighted by molar-refractivity contribution is 0.301. The summed E-state index contributed by atoms with van der Waals surface area (Å²) in [6, 6.07) is 2.15. The Morgan fingerprint density at radius 1 is 1.32 bits per heavy atom. The van der Waals surface area contributed by atoms with Gasteiger partial charge in [0.05, 0.1) is 11.9 Å². The average Bonchev–Trinajstić information content (AvgIpc) is 2.90. The monoisotopic (exact) mass is 261 g/mol. The molecule has 3 heteroatoms.